The van der Waals surface area contributed by atoms with Gasteiger partial charge in [0.15, 0.2) is 0 Å². The standard InChI is InChI=1S/C54H34N2O/c1-2-11-35(12-3-1)36-21-27-39(28-22-36)55(41-31-25-38(26-32-41)43-16-10-17-47-45-14-6-9-20-51(45)57-54(43)47)40-29-23-37(24-30-40)42-33-34-46-44-13-4-7-18-49(44)56-50-19-8-5-15-48(50)52(42)53(46)56/h1-34H. The van der Waals surface area contributed by atoms with Crippen molar-refractivity contribution in [3.05, 3.63) is 206 Å². The van der Waals surface area contributed by atoms with E-state index in [1.54, 1.807) is 0 Å². The minimum absolute atomic E-state index is 0.908. The van der Waals surface area contributed by atoms with Gasteiger partial charge in [-0.3, -0.25) is 0 Å². The van der Waals surface area contributed by atoms with E-state index in [9.17, 15) is 0 Å². The average molecular weight is 727 g/mol. The summed E-state index contributed by atoms with van der Waals surface area (Å²) in [7, 11) is 0. The summed E-state index contributed by atoms with van der Waals surface area (Å²) in [6.07, 6.45) is 0. The summed E-state index contributed by atoms with van der Waals surface area (Å²) in [5.74, 6) is 0. The molecule has 3 aromatic heterocycles. The predicted octanol–water partition coefficient (Wildman–Crippen LogP) is 15.2. The van der Waals surface area contributed by atoms with Gasteiger partial charge in [0.25, 0.3) is 0 Å². The van der Waals surface area contributed by atoms with Gasteiger partial charge >= 0.3 is 0 Å². The Balaban J connectivity index is 0.977. The molecule has 0 saturated carbocycles. The zero-order valence-corrected chi connectivity index (χ0v) is 30.9. The van der Waals surface area contributed by atoms with Gasteiger partial charge in [-0.25, -0.2) is 0 Å². The highest BCUT2D eigenvalue weighted by atomic mass is 16.3. The maximum Gasteiger partial charge on any atom is 0.143 e. The molecular formula is C54H34N2O. The highest BCUT2D eigenvalue weighted by molar-refractivity contribution is 6.27. The summed E-state index contributed by atoms with van der Waals surface area (Å²) < 4.78 is 8.87. The third-order valence-corrected chi connectivity index (χ3v) is 11.8. The van der Waals surface area contributed by atoms with Crippen molar-refractivity contribution in [2.24, 2.45) is 0 Å². The van der Waals surface area contributed by atoms with Crippen LogP contribution in [0.15, 0.2) is 211 Å². The topological polar surface area (TPSA) is 20.8 Å². The van der Waals surface area contributed by atoms with E-state index in [1.807, 2.05) is 12.1 Å². The molecule has 3 heterocycles. The molecule has 0 unspecified atom stereocenters. The van der Waals surface area contributed by atoms with Crippen molar-refractivity contribution in [2.75, 3.05) is 4.90 Å². The number of para-hydroxylation sites is 4. The van der Waals surface area contributed by atoms with Gasteiger partial charge in [0.2, 0.25) is 0 Å². The van der Waals surface area contributed by atoms with Crippen LogP contribution in [-0.2, 0) is 0 Å². The van der Waals surface area contributed by atoms with E-state index in [2.05, 4.69) is 203 Å². The van der Waals surface area contributed by atoms with E-state index in [0.717, 1.165) is 50.1 Å². The molecule has 0 fully saturated rings. The second kappa shape index (κ2) is 12.5. The Bertz CT molecular complexity index is 3430. The van der Waals surface area contributed by atoms with E-state index < -0.39 is 0 Å². The van der Waals surface area contributed by atoms with Crippen LogP contribution in [0.1, 0.15) is 0 Å². The molecule has 0 amide bonds. The monoisotopic (exact) mass is 726 g/mol. The van der Waals surface area contributed by atoms with Crippen LogP contribution in [0.25, 0.3) is 93.4 Å². The van der Waals surface area contributed by atoms with Crippen molar-refractivity contribution >= 4 is 77.1 Å². The Morgan fingerprint density at radius 2 is 0.860 bits per heavy atom. The largest absolute Gasteiger partial charge is 0.455 e. The summed E-state index contributed by atoms with van der Waals surface area (Å²) in [6, 6.07) is 74.3. The van der Waals surface area contributed by atoms with Crippen LogP contribution in [0, 0.1) is 0 Å². The number of aromatic nitrogens is 1. The molecule has 0 saturated heterocycles. The number of nitrogens with zero attached hydrogens (tertiary/aromatic N) is 2. The summed E-state index contributed by atoms with van der Waals surface area (Å²) in [5, 5.41) is 7.44. The van der Waals surface area contributed by atoms with E-state index in [4.69, 9.17) is 4.42 Å². The first kappa shape index (κ1) is 31.7. The van der Waals surface area contributed by atoms with Crippen LogP contribution in [0.5, 0.6) is 0 Å². The first-order valence-corrected chi connectivity index (χ1v) is 19.5. The van der Waals surface area contributed by atoms with Crippen molar-refractivity contribution < 1.29 is 4.42 Å². The zero-order valence-electron chi connectivity index (χ0n) is 30.9. The van der Waals surface area contributed by atoms with E-state index in [-0.39, 0.29) is 0 Å². The Morgan fingerprint density at radius 1 is 0.333 bits per heavy atom. The fourth-order valence-corrected chi connectivity index (χ4v) is 9.14. The lowest BCUT2D eigenvalue weighted by atomic mass is 9.97. The molecule has 0 atom stereocenters. The lowest BCUT2D eigenvalue weighted by molar-refractivity contribution is 0.670. The van der Waals surface area contributed by atoms with Crippen molar-refractivity contribution in [1.82, 2.24) is 4.40 Å². The van der Waals surface area contributed by atoms with Gasteiger partial charge in [-0.2, -0.15) is 0 Å². The lowest BCUT2D eigenvalue weighted by Gasteiger charge is -2.26. The van der Waals surface area contributed by atoms with Gasteiger partial charge in [0, 0.05) is 54.9 Å². The number of benzene rings is 9. The molecule has 12 rings (SSSR count). The number of fused-ring (bicyclic) bond motifs is 9. The Morgan fingerprint density at radius 3 is 1.56 bits per heavy atom. The second-order valence-electron chi connectivity index (χ2n) is 14.9. The van der Waals surface area contributed by atoms with Gasteiger partial charge in [-0.15, -0.1) is 0 Å². The van der Waals surface area contributed by atoms with Gasteiger partial charge in [-0.05, 0) is 82.4 Å². The van der Waals surface area contributed by atoms with Crippen molar-refractivity contribution in [2.45, 2.75) is 0 Å². The molecule has 0 radical (unpaired) electrons. The van der Waals surface area contributed by atoms with Crippen LogP contribution < -0.4 is 4.90 Å². The number of furan rings is 1. The van der Waals surface area contributed by atoms with Crippen LogP contribution in [0.3, 0.4) is 0 Å². The second-order valence-corrected chi connectivity index (χ2v) is 14.9. The summed E-state index contributed by atoms with van der Waals surface area (Å²) in [5.41, 5.74) is 15.9. The maximum atomic E-state index is 6.42. The minimum Gasteiger partial charge on any atom is -0.455 e. The smallest absolute Gasteiger partial charge is 0.143 e. The normalized spacial score (nSPS) is 11.9. The van der Waals surface area contributed by atoms with Gasteiger partial charge in [0.1, 0.15) is 11.2 Å². The molecule has 0 aliphatic rings. The van der Waals surface area contributed by atoms with E-state index in [1.165, 1.54) is 60.3 Å². The van der Waals surface area contributed by atoms with E-state index in [0.29, 0.717) is 0 Å². The minimum atomic E-state index is 0.908. The number of hydrogen-bond donors (Lipinski definition) is 0. The fraction of sp³-hybridized carbons (Fsp3) is 0. The number of anilines is 3. The Hall–Kier alpha value is -7.62. The molecule has 0 bridgehead atoms. The molecule has 57 heavy (non-hydrogen) atoms. The molecule has 12 aromatic rings. The fourth-order valence-electron chi connectivity index (χ4n) is 9.14. The van der Waals surface area contributed by atoms with Gasteiger partial charge in [-0.1, -0.05) is 152 Å². The van der Waals surface area contributed by atoms with E-state index >= 15 is 0 Å². The third-order valence-electron chi connectivity index (χ3n) is 11.8. The van der Waals surface area contributed by atoms with Gasteiger partial charge in [0.05, 0.1) is 16.6 Å². The number of rotatable bonds is 6. The molecule has 0 N–H and O–H groups in total. The van der Waals surface area contributed by atoms with Crippen LogP contribution >= 0.6 is 0 Å². The lowest BCUT2D eigenvalue weighted by Crippen LogP contribution is -2.09. The summed E-state index contributed by atoms with van der Waals surface area (Å²) in [6.45, 7) is 0. The van der Waals surface area contributed by atoms with Crippen LogP contribution in [0.2, 0.25) is 0 Å². The first-order chi connectivity index (χ1) is 28.3. The van der Waals surface area contributed by atoms with Crippen molar-refractivity contribution in [1.29, 1.82) is 0 Å². The highest BCUT2D eigenvalue weighted by Gasteiger charge is 2.21. The molecule has 3 heteroatoms. The average Bonchev–Trinajstić information content (AvgIpc) is 3.95. The van der Waals surface area contributed by atoms with Crippen LogP contribution in [-0.4, -0.2) is 4.40 Å². The van der Waals surface area contributed by atoms with Crippen molar-refractivity contribution in [3.8, 4) is 33.4 Å². The van der Waals surface area contributed by atoms with Crippen molar-refractivity contribution in [3.63, 3.8) is 0 Å². The molecule has 0 aliphatic heterocycles. The molecule has 266 valence electrons. The highest BCUT2D eigenvalue weighted by Crippen LogP contribution is 2.45. The Kier molecular flexibility index (Phi) is 6.93. The molecular weight excluding hydrogens is 693 g/mol. The quantitative estimate of drug-likeness (QED) is 0.170. The zero-order chi connectivity index (χ0) is 37.5. The predicted molar refractivity (Wildman–Crippen MR) is 239 cm³/mol. The van der Waals surface area contributed by atoms with Gasteiger partial charge < -0.3 is 13.7 Å². The summed E-state index contributed by atoms with van der Waals surface area (Å²) in [4.78, 5) is 2.35. The first-order valence-electron chi connectivity index (χ1n) is 19.5. The Labute approximate surface area is 329 Å². The molecule has 0 aliphatic carbocycles. The molecule has 0 spiro atoms. The maximum absolute atomic E-state index is 6.42. The SMILES string of the molecule is c1ccc(-c2ccc(N(c3ccc(-c4cccc5c4oc4ccccc45)cc3)c3ccc(-c4ccc5c6ccccc6n6c7ccccc7c4c56)cc3)cc2)cc1. The molecule has 9 aromatic carbocycles. The van der Waals surface area contributed by atoms with Crippen LogP contribution in [0.4, 0.5) is 17.1 Å². The molecule has 3 nitrogen and oxygen atoms in total. The number of hydrogen-bond acceptors (Lipinski definition) is 2. The summed E-state index contributed by atoms with van der Waals surface area (Å²) >= 11 is 0. The third kappa shape index (κ3) is 4.86.